The van der Waals surface area contributed by atoms with Crippen molar-refractivity contribution in [3.63, 3.8) is 0 Å². The van der Waals surface area contributed by atoms with Crippen LogP contribution in [0.3, 0.4) is 0 Å². The van der Waals surface area contributed by atoms with Gasteiger partial charge in [-0.3, -0.25) is 14.4 Å². The molecule has 55 heavy (non-hydrogen) atoms. The number of ether oxygens (including phenoxy) is 1. The maximum absolute atomic E-state index is 15.5. The number of alkyl halides is 3. The summed E-state index contributed by atoms with van der Waals surface area (Å²) in [4.78, 5) is 57.3. The van der Waals surface area contributed by atoms with Crippen molar-refractivity contribution in [2.75, 3.05) is 32.5 Å². The Morgan fingerprint density at radius 3 is 2.51 bits per heavy atom. The molecule has 19 heteroatoms. The van der Waals surface area contributed by atoms with Crippen LogP contribution in [0, 0.1) is 12.7 Å². The number of hydrogen-bond donors (Lipinski definition) is 2. The Morgan fingerprint density at radius 1 is 1.13 bits per heavy atom. The monoisotopic (exact) mass is 783 g/mol. The lowest BCUT2D eigenvalue weighted by atomic mass is 9.85. The van der Waals surface area contributed by atoms with Crippen molar-refractivity contribution in [2.45, 2.75) is 57.7 Å². The van der Waals surface area contributed by atoms with Gasteiger partial charge in [-0.05, 0) is 76.7 Å². The summed E-state index contributed by atoms with van der Waals surface area (Å²) in [6.07, 6.45) is -4.00. The van der Waals surface area contributed by atoms with Crippen LogP contribution in [-0.2, 0) is 34.4 Å². The topological polar surface area (TPSA) is 160 Å². The average molecular weight is 784 g/mol. The molecule has 2 aliphatic rings. The Labute approximate surface area is 315 Å². The molecule has 0 aliphatic carbocycles. The molecular formula is C36H34ClF4N9O5. The number of halogens is 5. The number of aromatic hydroxyl groups is 1. The Hall–Kier alpha value is -5.46. The highest BCUT2D eigenvalue weighted by Gasteiger charge is 2.51. The van der Waals surface area contributed by atoms with E-state index in [2.05, 4.69) is 25.4 Å². The van der Waals surface area contributed by atoms with Crippen molar-refractivity contribution in [3.8, 4) is 17.1 Å². The molecule has 1 saturated heterocycles. The van der Waals surface area contributed by atoms with Crippen molar-refractivity contribution < 1.29 is 37.0 Å². The molecular weight excluding hydrogens is 750 g/mol. The zero-order valence-electron chi connectivity index (χ0n) is 29.9. The third-order valence-electron chi connectivity index (χ3n) is 9.74. The molecule has 7 rings (SSSR count). The molecule has 2 aliphatic heterocycles. The second kappa shape index (κ2) is 14.0. The van der Waals surface area contributed by atoms with Crippen LogP contribution in [0.25, 0.3) is 17.2 Å². The number of piperidine rings is 1. The first-order valence-corrected chi connectivity index (χ1v) is 17.5. The van der Waals surface area contributed by atoms with E-state index in [0.29, 0.717) is 18.2 Å². The van der Waals surface area contributed by atoms with E-state index in [1.54, 1.807) is 13.0 Å². The predicted molar refractivity (Wildman–Crippen MR) is 190 cm³/mol. The Kier molecular flexibility index (Phi) is 9.63. The lowest BCUT2D eigenvalue weighted by molar-refractivity contribution is -0.137. The van der Waals surface area contributed by atoms with Crippen LogP contribution >= 0.6 is 11.6 Å². The van der Waals surface area contributed by atoms with Gasteiger partial charge in [-0.2, -0.15) is 22.7 Å². The minimum Gasteiger partial charge on any atom is -0.504 e. The van der Waals surface area contributed by atoms with E-state index < -0.39 is 53.2 Å². The highest BCUT2D eigenvalue weighted by molar-refractivity contribution is 6.33. The zero-order chi connectivity index (χ0) is 39.6. The van der Waals surface area contributed by atoms with E-state index in [4.69, 9.17) is 16.3 Å². The van der Waals surface area contributed by atoms with E-state index in [1.165, 1.54) is 34.9 Å². The number of aryl methyl sites for hydroxylation is 1. The van der Waals surface area contributed by atoms with Gasteiger partial charge in [0.05, 0.1) is 44.9 Å². The number of benzene rings is 2. The van der Waals surface area contributed by atoms with Gasteiger partial charge in [-0.25, -0.2) is 14.4 Å². The minimum atomic E-state index is -4.65. The highest BCUT2D eigenvalue weighted by atomic mass is 35.5. The van der Waals surface area contributed by atoms with Crippen molar-refractivity contribution in [1.29, 1.82) is 0 Å². The molecule has 1 fully saturated rings. The number of aromatic nitrogens is 6. The molecule has 1 atom stereocenters. The predicted octanol–water partition coefficient (Wildman–Crippen LogP) is 5.10. The third kappa shape index (κ3) is 6.89. The number of amides is 2. The molecule has 1 spiro atoms. The molecule has 5 heterocycles. The van der Waals surface area contributed by atoms with Gasteiger partial charge < -0.3 is 29.5 Å². The second-order valence-electron chi connectivity index (χ2n) is 13.8. The van der Waals surface area contributed by atoms with Crippen LogP contribution in [0.15, 0.2) is 47.5 Å². The lowest BCUT2D eigenvalue weighted by Crippen LogP contribution is -2.47. The van der Waals surface area contributed by atoms with E-state index in [0.717, 1.165) is 16.6 Å². The number of nitrogens with one attached hydrogen (secondary N) is 1. The van der Waals surface area contributed by atoms with Crippen LogP contribution in [0.2, 0.25) is 5.02 Å². The van der Waals surface area contributed by atoms with E-state index in [9.17, 15) is 32.7 Å². The maximum atomic E-state index is 15.5. The van der Waals surface area contributed by atoms with Crippen molar-refractivity contribution >= 4 is 34.9 Å². The maximum Gasteiger partial charge on any atom is 0.416 e. The number of rotatable bonds is 7. The Morgan fingerprint density at radius 2 is 1.85 bits per heavy atom. The summed E-state index contributed by atoms with van der Waals surface area (Å²) in [5.41, 5.74) is -1.73. The molecule has 3 aromatic heterocycles. The van der Waals surface area contributed by atoms with Gasteiger partial charge >= 0.3 is 6.18 Å². The summed E-state index contributed by atoms with van der Waals surface area (Å²) in [6, 6.07) is 7.06. The molecule has 0 radical (unpaired) electrons. The number of nitrogens with zero attached hydrogens (tertiary/aromatic N) is 8. The summed E-state index contributed by atoms with van der Waals surface area (Å²) in [6.45, 7) is 3.37. The number of anilines is 1. The fourth-order valence-electron chi connectivity index (χ4n) is 7.19. The van der Waals surface area contributed by atoms with Gasteiger partial charge in [-0.1, -0.05) is 17.7 Å². The normalized spacial score (nSPS) is 16.6. The molecule has 5 aromatic rings. The van der Waals surface area contributed by atoms with E-state index in [1.807, 2.05) is 19.0 Å². The summed E-state index contributed by atoms with van der Waals surface area (Å²) in [7, 11) is 3.68. The van der Waals surface area contributed by atoms with Gasteiger partial charge in [0.2, 0.25) is 11.7 Å². The van der Waals surface area contributed by atoms with Crippen molar-refractivity contribution in [3.05, 3.63) is 97.7 Å². The molecule has 288 valence electrons. The van der Waals surface area contributed by atoms with Crippen LogP contribution in [0.5, 0.6) is 5.75 Å². The van der Waals surface area contributed by atoms with Gasteiger partial charge in [0.15, 0.2) is 17.3 Å². The third-order valence-corrected chi connectivity index (χ3v) is 10.1. The smallest absolute Gasteiger partial charge is 0.416 e. The summed E-state index contributed by atoms with van der Waals surface area (Å²) < 4.78 is 64.3. The van der Waals surface area contributed by atoms with Gasteiger partial charge in [0.1, 0.15) is 24.3 Å². The van der Waals surface area contributed by atoms with E-state index >= 15 is 4.39 Å². The number of fused-ring (bicyclic) bond motifs is 3. The number of carbonyl (C=O) groups is 2. The highest BCUT2D eigenvalue weighted by Crippen LogP contribution is 2.48. The molecule has 0 saturated carbocycles. The first-order valence-electron chi connectivity index (χ1n) is 17.1. The summed E-state index contributed by atoms with van der Waals surface area (Å²) in [5.74, 6) is -2.47. The average Bonchev–Trinajstić information content (AvgIpc) is 3.68. The number of hydrogen-bond acceptors (Lipinski definition) is 10. The van der Waals surface area contributed by atoms with E-state index in [-0.39, 0.29) is 82.2 Å². The SMILES string of the molecule is Cc1ncnc(C(=O)N2CCC3(CC2)O[C@H](C)c2c3c(=O)n3nc(-c4ccc(CN(C)C)cc4F)nc3n2CC(=O)Nc2ccc(C(F)(F)F)cc2Cl)c1O. The Bertz CT molecular complexity index is 2430. The quantitative estimate of drug-likeness (QED) is 0.213. The van der Waals surface area contributed by atoms with Crippen molar-refractivity contribution in [2.24, 2.45) is 0 Å². The molecule has 0 bridgehead atoms. The minimum absolute atomic E-state index is 0.00680. The zero-order valence-corrected chi connectivity index (χ0v) is 30.7. The number of likely N-dealkylation sites (tertiary alicyclic amines) is 1. The van der Waals surface area contributed by atoms with Gasteiger partial charge in [-0.15, -0.1) is 5.10 Å². The standard InChI is InChI=1S/C36H34ClF4N9O5/c1-18-30(52)28(43-17-42-18)33(54)48-11-9-35(10-12-48)27-29(19(2)55-35)49(16-26(51)44-25-8-6-21(14-23(25)37)36(39,40)41)34-45-31(46-50(34)32(27)53)22-7-5-20(13-24(22)38)15-47(3)4/h5-8,13-14,17,19,52H,9-12,15-16H2,1-4H3,(H,44,51)/t19-/m1/s1. The lowest BCUT2D eigenvalue weighted by Gasteiger charge is -2.39. The van der Waals surface area contributed by atoms with Crippen LogP contribution in [0.4, 0.5) is 23.2 Å². The first kappa shape index (κ1) is 37.8. The van der Waals surface area contributed by atoms with Crippen LogP contribution in [0.1, 0.15) is 64.4 Å². The number of carbonyl (C=O) groups excluding carboxylic acids is 2. The Balaban J connectivity index is 1.29. The van der Waals surface area contributed by atoms with Gasteiger partial charge in [0.25, 0.3) is 11.5 Å². The summed E-state index contributed by atoms with van der Waals surface area (Å²) in [5, 5.41) is 17.0. The molecule has 2 N–H and O–H groups in total. The summed E-state index contributed by atoms with van der Waals surface area (Å²) >= 11 is 6.13. The van der Waals surface area contributed by atoms with Gasteiger partial charge in [0, 0.05) is 19.6 Å². The molecule has 2 amide bonds. The van der Waals surface area contributed by atoms with Crippen molar-refractivity contribution in [1.82, 2.24) is 38.9 Å². The largest absolute Gasteiger partial charge is 0.504 e. The molecule has 0 unspecified atom stereocenters. The fraction of sp³-hybridized carbons (Fsp3) is 0.361. The first-order chi connectivity index (χ1) is 26.0. The van der Waals surface area contributed by atoms with Crippen LogP contribution < -0.4 is 10.9 Å². The fourth-order valence-corrected chi connectivity index (χ4v) is 7.42. The second-order valence-corrected chi connectivity index (χ2v) is 14.2. The molecule has 2 aromatic carbocycles. The molecule has 14 nitrogen and oxygen atoms in total. The van der Waals surface area contributed by atoms with Crippen LogP contribution in [-0.4, -0.2) is 83.0 Å².